The number of ether oxygens (including phenoxy) is 1. The van der Waals surface area contributed by atoms with E-state index in [1.54, 1.807) is 0 Å². The Morgan fingerprint density at radius 2 is 2.00 bits per heavy atom. The summed E-state index contributed by atoms with van der Waals surface area (Å²) in [5.74, 6) is -0.179. The van der Waals surface area contributed by atoms with E-state index < -0.39 is 5.97 Å². The van der Waals surface area contributed by atoms with Crippen LogP contribution in [-0.4, -0.2) is 29.5 Å². The van der Waals surface area contributed by atoms with Crippen molar-refractivity contribution in [1.82, 2.24) is 10.3 Å². The number of aryl methyl sites for hydroxylation is 1. The number of benzene rings is 1. The predicted octanol–water partition coefficient (Wildman–Crippen LogP) is 3.82. The normalized spacial score (nSPS) is 16.2. The third-order valence-corrected chi connectivity index (χ3v) is 5.39. The minimum absolute atomic E-state index is 0.117. The van der Waals surface area contributed by atoms with Crippen LogP contribution in [0.2, 0.25) is 0 Å². The minimum atomic E-state index is -0.432. The third kappa shape index (κ3) is 4.29. The summed E-state index contributed by atoms with van der Waals surface area (Å²) in [6.45, 7) is 5.99. The number of carbonyl (C=O) groups is 2. The van der Waals surface area contributed by atoms with Gasteiger partial charge in [0.15, 0.2) is 6.61 Å². The first kappa shape index (κ1) is 19.3. The Hall–Kier alpha value is -2.43. The van der Waals surface area contributed by atoms with Crippen molar-refractivity contribution >= 4 is 22.8 Å². The molecule has 1 aliphatic carbocycles. The van der Waals surface area contributed by atoms with Crippen molar-refractivity contribution in [2.24, 2.45) is 5.92 Å². The molecular weight excluding hydrogens is 340 g/mol. The number of hydrogen-bond donors (Lipinski definition) is 1. The lowest BCUT2D eigenvalue weighted by Gasteiger charge is -2.24. The molecule has 0 bridgehead atoms. The Labute approximate surface area is 160 Å². The molecule has 144 valence electrons. The Bertz CT molecular complexity index is 843. The number of nitrogens with one attached hydrogen (secondary N) is 1. The van der Waals surface area contributed by atoms with Crippen molar-refractivity contribution in [3.63, 3.8) is 0 Å². The third-order valence-electron chi connectivity index (χ3n) is 5.39. The maximum Gasteiger partial charge on any atom is 0.339 e. The zero-order valence-electron chi connectivity index (χ0n) is 16.4. The molecule has 0 saturated carbocycles. The first-order chi connectivity index (χ1) is 13.0. The summed E-state index contributed by atoms with van der Waals surface area (Å²) in [6.07, 6.45) is 4.48. The van der Waals surface area contributed by atoms with E-state index in [9.17, 15) is 9.59 Å². The van der Waals surface area contributed by atoms with Gasteiger partial charge in [-0.05, 0) is 49.7 Å². The van der Waals surface area contributed by atoms with E-state index in [2.05, 4.69) is 12.2 Å². The Kier molecular flexibility index (Phi) is 6.09. The minimum Gasteiger partial charge on any atom is -0.452 e. The van der Waals surface area contributed by atoms with Gasteiger partial charge in [-0.1, -0.05) is 39.0 Å². The molecule has 5 heteroatoms. The number of fused-ring (bicyclic) bond motifs is 2. The van der Waals surface area contributed by atoms with Gasteiger partial charge in [0, 0.05) is 17.1 Å². The maximum atomic E-state index is 12.9. The van der Waals surface area contributed by atoms with E-state index in [4.69, 9.17) is 9.72 Å². The molecule has 1 atom stereocenters. The van der Waals surface area contributed by atoms with Crippen LogP contribution in [0.15, 0.2) is 24.3 Å². The van der Waals surface area contributed by atoms with E-state index in [0.717, 1.165) is 54.3 Å². The number of nitrogens with zero attached hydrogens (tertiary/aromatic N) is 1. The molecule has 1 N–H and O–H groups in total. The van der Waals surface area contributed by atoms with Crippen molar-refractivity contribution in [2.45, 2.75) is 58.9 Å². The second-order valence-corrected chi connectivity index (χ2v) is 7.43. The number of aromatic nitrogens is 1. The molecule has 0 fully saturated rings. The first-order valence-electron chi connectivity index (χ1n) is 9.90. The molecule has 1 amide bonds. The summed E-state index contributed by atoms with van der Waals surface area (Å²) >= 11 is 0. The Morgan fingerprint density at radius 3 is 2.74 bits per heavy atom. The molecule has 5 nitrogen and oxygen atoms in total. The highest BCUT2D eigenvalue weighted by molar-refractivity contribution is 6.05. The Morgan fingerprint density at radius 1 is 1.26 bits per heavy atom. The van der Waals surface area contributed by atoms with Crippen molar-refractivity contribution in [3.05, 3.63) is 41.1 Å². The average Bonchev–Trinajstić information content (AvgIpc) is 2.68. The summed E-state index contributed by atoms with van der Waals surface area (Å²) in [7, 11) is 0. The lowest BCUT2D eigenvalue weighted by atomic mass is 9.84. The highest BCUT2D eigenvalue weighted by atomic mass is 16.5. The van der Waals surface area contributed by atoms with E-state index in [0.29, 0.717) is 11.5 Å². The standard InChI is InChI=1S/C22H28N2O3/c1-4-15(5-2)23-20(25)13-27-22(26)21-16-8-6-7-9-18(16)24-19-11-10-14(3)12-17(19)21/h6-9,14-15H,4-5,10-13H2,1-3H3,(H,23,25)/t14-/m0/s1. The second-order valence-electron chi connectivity index (χ2n) is 7.43. The van der Waals surface area contributed by atoms with Gasteiger partial charge >= 0.3 is 5.97 Å². The SMILES string of the molecule is CCC(CC)NC(=O)COC(=O)c1c2c(nc3ccccc13)CC[C@H](C)C2. The zero-order valence-corrected chi connectivity index (χ0v) is 16.4. The molecule has 0 spiro atoms. The van der Waals surface area contributed by atoms with Crippen LogP contribution in [0, 0.1) is 5.92 Å². The van der Waals surface area contributed by atoms with Crippen LogP contribution in [0.4, 0.5) is 0 Å². The summed E-state index contributed by atoms with van der Waals surface area (Å²) < 4.78 is 5.41. The van der Waals surface area contributed by atoms with E-state index in [1.807, 2.05) is 38.1 Å². The van der Waals surface area contributed by atoms with Crippen LogP contribution in [0.5, 0.6) is 0 Å². The van der Waals surface area contributed by atoms with Crippen LogP contribution >= 0.6 is 0 Å². The fourth-order valence-electron chi connectivity index (χ4n) is 3.76. The van der Waals surface area contributed by atoms with Crippen LogP contribution < -0.4 is 5.32 Å². The van der Waals surface area contributed by atoms with Crippen molar-refractivity contribution in [2.75, 3.05) is 6.61 Å². The van der Waals surface area contributed by atoms with Crippen molar-refractivity contribution in [1.29, 1.82) is 0 Å². The molecule has 1 aromatic carbocycles. The summed E-state index contributed by atoms with van der Waals surface area (Å²) in [6, 6.07) is 7.77. The van der Waals surface area contributed by atoms with Gasteiger partial charge in [0.1, 0.15) is 0 Å². The maximum absolute atomic E-state index is 12.9. The topological polar surface area (TPSA) is 68.3 Å². The largest absolute Gasteiger partial charge is 0.452 e. The number of hydrogen-bond acceptors (Lipinski definition) is 4. The molecule has 1 aromatic heterocycles. The molecule has 27 heavy (non-hydrogen) atoms. The van der Waals surface area contributed by atoms with Gasteiger partial charge in [-0.2, -0.15) is 0 Å². The highest BCUT2D eigenvalue weighted by Crippen LogP contribution is 2.31. The van der Waals surface area contributed by atoms with Crippen LogP contribution in [0.25, 0.3) is 10.9 Å². The molecule has 3 rings (SSSR count). The highest BCUT2D eigenvalue weighted by Gasteiger charge is 2.26. The molecule has 2 aromatic rings. The second kappa shape index (κ2) is 8.51. The number of para-hydroxylation sites is 1. The predicted molar refractivity (Wildman–Crippen MR) is 106 cm³/mol. The van der Waals surface area contributed by atoms with E-state index in [1.165, 1.54) is 0 Å². The first-order valence-corrected chi connectivity index (χ1v) is 9.90. The van der Waals surface area contributed by atoms with Gasteiger partial charge in [0.2, 0.25) is 0 Å². The number of esters is 1. The molecule has 0 saturated heterocycles. The van der Waals surface area contributed by atoms with Crippen molar-refractivity contribution in [3.8, 4) is 0 Å². The summed E-state index contributed by atoms with van der Waals surface area (Å²) in [5, 5.41) is 3.70. The molecule has 0 unspecified atom stereocenters. The van der Waals surface area contributed by atoms with Crippen LogP contribution in [0.3, 0.4) is 0 Å². The van der Waals surface area contributed by atoms with Crippen LogP contribution in [-0.2, 0) is 22.4 Å². The van der Waals surface area contributed by atoms with Gasteiger partial charge in [-0.25, -0.2) is 4.79 Å². The van der Waals surface area contributed by atoms with E-state index >= 15 is 0 Å². The van der Waals surface area contributed by atoms with Crippen LogP contribution in [0.1, 0.15) is 61.6 Å². The Balaban J connectivity index is 1.85. The van der Waals surface area contributed by atoms with Crippen molar-refractivity contribution < 1.29 is 14.3 Å². The average molecular weight is 368 g/mol. The molecule has 0 radical (unpaired) electrons. The number of rotatable bonds is 6. The fourth-order valence-corrected chi connectivity index (χ4v) is 3.76. The summed E-state index contributed by atoms with van der Waals surface area (Å²) in [4.78, 5) is 29.8. The molecule has 1 aliphatic rings. The lowest BCUT2D eigenvalue weighted by molar-refractivity contribution is -0.125. The number of amides is 1. The summed E-state index contributed by atoms with van der Waals surface area (Å²) in [5.41, 5.74) is 3.36. The molecule has 0 aliphatic heterocycles. The lowest BCUT2D eigenvalue weighted by Crippen LogP contribution is -2.37. The van der Waals surface area contributed by atoms with Gasteiger partial charge in [0.25, 0.3) is 5.91 Å². The number of pyridine rings is 1. The van der Waals surface area contributed by atoms with Gasteiger partial charge in [0.05, 0.1) is 11.1 Å². The van der Waals surface area contributed by atoms with Gasteiger partial charge in [-0.3, -0.25) is 9.78 Å². The van der Waals surface area contributed by atoms with E-state index in [-0.39, 0.29) is 18.6 Å². The molecule has 1 heterocycles. The smallest absolute Gasteiger partial charge is 0.339 e. The fraction of sp³-hybridized carbons (Fsp3) is 0.500. The van der Waals surface area contributed by atoms with Gasteiger partial charge < -0.3 is 10.1 Å². The monoisotopic (exact) mass is 368 g/mol. The zero-order chi connectivity index (χ0) is 19.4. The molecular formula is C22H28N2O3. The number of carbonyl (C=O) groups excluding carboxylic acids is 2. The van der Waals surface area contributed by atoms with Gasteiger partial charge in [-0.15, -0.1) is 0 Å². The quantitative estimate of drug-likeness (QED) is 0.787.